The van der Waals surface area contributed by atoms with Gasteiger partial charge in [-0.1, -0.05) is 29.8 Å². The highest BCUT2D eigenvalue weighted by Gasteiger charge is 2.30. The lowest BCUT2D eigenvalue weighted by molar-refractivity contribution is -0.141. The third-order valence-corrected chi connectivity index (χ3v) is 6.17. The number of nitrogens with zero attached hydrogens (tertiary/aromatic N) is 2. The Hall–Kier alpha value is -2.40. The molecule has 28 heavy (non-hydrogen) atoms. The van der Waals surface area contributed by atoms with E-state index in [0.29, 0.717) is 35.5 Å². The van der Waals surface area contributed by atoms with Crippen molar-refractivity contribution in [3.05, 3.63) is 57.4 Å². The SMILES string of the molecule is Cc1cccc(Cl)c1C(=O)c1nn(C2=CCC(C(=O)O)CC2)c2c1CCCC2. The first-order chi connectivity index (χ1) is 13.5. The van der Waals surface area contributed by atoms with Crippen LogP contribution in [-0.2, 0) is 17.6 Å². The number of rotatable bonds is 4. The molecule has 1 aromatic carbocycles. The minimum atomic E-state index is -0.747. The van der Waals surface area contributed by atoms with Crippen molar-refractivity contribution in [2.24, 2.45) is 5.92 Å². The number of carboxylic acids is 1. The number of aliphatic carboxylic acids is 1. The van der Waals surface area contributed by atoms with Crippen LogP contribution in [-0.4, -0.2) is 26.6 Å². The molecule has 0 spiro atoms. The van der Waals surface area contributed by atoms with E-state index in [-0.39, 0.29) is 11.7 Å². The Morgan fingerprint density at radius 2 is 2.00 bits per heavy atom. The molecule has 1 aromatic heterocycles. The largest absolute Gasteiger partial charge is 0.481 e. The molecule has 6 heteroatoms. The normalized spacial score (nSPS) is 19.1. The lowest BCUT2D eigenvalue weighted by atomic mass is 9.91. The summed E-state index contributed by atoms with van der Waals surface area (Å²) >= 11 is 6.34. The highest BCUT2D eigenvalue weighted by molar-refractivity contribution is 6.35. The van der Waals surface area contributed by atoms with Gasteiger partial charge in [0.1, 0.15) is 5.69 Å². The lowest BCUT2D eigenvalue weighted by Crippen LogP contribution is -2.18. The van der Waals surface area contributed by atoms with Gasteiger partial charge < -0.3 is 5.11 Å². The molecule has 1 unspecified atom stereocenters. The molecule has 4 rings (SSSR count). The summed E-state index contributed by atoms with van der Waals surface area (Å²) in [4.78, 5) is 24.6. The molecule has 0 fully saturated rings. The molecule has 1 atom stereocenters. The van der Waals surface area contributed by atoms with E-state index in [1.165, 1.54) is 0 Å². The number of hydrogen-bond acceptors (Lipinski definition) is 3. The van der Waals surface area contributed by atoms with Gasteiger partial charge in [-0.15, -0.1) is 0 Å². The Morgan fingerprint density at radius 1 is 1.21 bits per heavy atom. The Labute approximate surface area is 169 Å². The van der Waals surface area contributed by atoms with Gasteiger partial charge in [0.2, 0.25) is 5.78 Å². The van der Waals surface area contributed by atoms with Gasteiger partial charge in [-0.2, -0.15) is 5.10 Å². The van der Waals surface area contributed by atoms with Gasteiger partial charge in [0.05, 0.1) is 10.9 Å². The lowest BCUT2D eigenvalue weighted by Gasteiger charge is -2.21. The summed E-state index contributed by atoms with van der Waals surface area (Å²) in [5, 5.41) is 14.4. The van der Waals surface area contributed by atoms with Crippen LogP contribution in [0.1, 0.15) is 65.0 Å². The van der Waals surface area contributed by atoms with Crippen molar-refractivity contribution >= 4 is 29.1 Å². The second-order valence-corrected chi connectivity index (χ2v) is 8.07. The van der Waals surface area contributed by atoms with Crippen LogP contribution in [0.25, 0.3) is 5.70 Å². The van der Waals surface area contributed by atoms with E-state index in [9.17, 15) is 14.7 Å². The Kier molecular flexibility index (Phi) is 5.11. The standard InChI is InChI=1S/C22H23ClN2O3/c1-13-5-4-7-17(23)19(13)21(26)20-16-6-2-3-8-18(16)25(24-20)15-11-9-14(10-12-15)22(27)28/h4-5,7,11,14H,2-3,6,8-10,12H2,1H3,(H,27,28). The molecule has 146 valence electrons. The van der Waals surface area contributed by atoms with Crippen molar-refractivity contribution in [1.29, 1.82) is 0 Å². The molecule has 2 aromatic rings. The minimum absolute atomic E-state index is 0.125. The van der Waals surface area contributed by atoms with Crippen molar-refractivity contribution in [1.82, 2.24) is 9.78 Å². The first-order valence-electron chi connectivity index (χ1n) is 9.80. The fourth-order valence-corrected chi connectivity index (χ4v) is 4.60. The van der Waals surface area contributed by atoms with Crippen molar-refractivity contribution < 1.29 is 14.7 Å². The van der Waals surface area contributed by atoms with Gasteiger partial charge in [0.15, 0.2) is 0 Å². The van der Waals surface area contributed by atoms with Crippen LogP contribution in [0.4, 0.5) is 0 Å². The number of aromatic nitrogens is 2. The zero-order chi connectivity index (χ0) is 19.8. The first-order valence-corrected chi connectivity index (χ1v) is 10.2. The first kappa shape index (κ1) is 18.9. The second-order valence-electron chi connectivity index (χ2n) is 7.66. The highest BCUT2D eigenvalue weighted by atomic mass is 35.5. The molecule has 0 amide bonds. The molecule has 5 nitrogen and oxygen atoms in total. The van der Waals surface area contributed by atoms with E-state index in [0.717, 1.165) is 48.2 Å². The van der Waals surface area contributed by atoms with E-state index >= 15 is 0 Å². The Balaban J connectivity index is 1.76. The fraction of sp³-hybridized carbons (Fsp3) is 0.409. The predicted octanol–water partition coefficient (Wildman–Crippen LogP) is 4.68. The summed E-state index contributed by atoms with van der Waals surface area (Å²) in [6.45, 7) is 1.89. The molecule has 0 bridgehead atoms. The molecule has 2 aliphatic carbocycles. The quantitative estimate of drug-likeness (QED) is 0.759. The van der Waals surface area contributed by atoms with E-state index < -0.39 is 5.97 Å². The molecule has 1 heterocycles. The molecule has 2 aliphatic rings. The summed E-state index contributed by atoms with van der Waals surface area (Å²) in [6, 6.07) is 5.47. The molecular formula is C22H23ClN2O3. The summed E-state index contributed by atoms with van der Waals surface area (Å²) in [6.07, 6.45) is 7.57. The van der Waals surface area contributed by atoms with E-state index in [1.807, 2.05) is 29.8 Å². The number of carbonyl (C=O) groups excluding carboxylic acids is 1. The van der Waals surface area contributed by atoms with Gasteiger partial charge in [0, 0.05) is 22.5 Å². The number of benzene rings is 1. The van der Waals surface area contributed by atoms with Crippen molar-refractivity contribution in [2.75, 3.05) is 0 Å². The van der Waals surface area contributed by atoms with Crippen LogP contribution in [0.15, 0.2) is 24.3 Å². The second kappa shape index (κ2) is 7.55. The summed E-state index contributed by atoms with van der Waals surface area (Å²) < 4.78 is 1.91. The third-order valence-electron chi connectivity index (χ3n) is 5.85. The number of carbonyl (C=O) groups is 2. The number of hydrogen-bond donors (Lipinski definition) is 1. The van der Waals surface area contributed by atoms with Crippen LogP contribution in [0.3, 0.4) is 0 Å². The maximum atomic E-state index is 13.3. The number of ketones is 1. The smallest absolute Gasteiger partial charge is 0.306 e. The molecule has 0 aliphatic heterocycles. The third kappa shape index (κ3) is 3.28. The maximum Gasteiger partial charge on any atom is 0.306 e. The summed E-state index contributed by atoms with van der Waals surface area (Å²) in [5.74, 6) is -1.20. The highest BCUT2D eigenvalue weighted by Crippen LogP contribution is 2.33. The van der Waals surface area contributed by atoms with E-state index in [1.54, 1.807) is 6.07 Å². The van der Waals surface area contributed by atoms with Crippen molar-refractivity contribution in [3.8, 4) is 0 Å². The molecule has 0 saturated heterocycles. The predicted molar refractivity (Wildman–Crippen MR) is 108 cm³/mol. The topological polar surface area (TPSA) is 72.2 Å². The van der Waals surface area contributed by atoms with Gasteiger partial charge in [-0.3, -0.25) is 9.59 Å². The number of carboxylic acid groups (broad SMARTS) is 1. The minimum Gasteiger partial charge on any atom is -0.481 e. The van der Waals surface area contributed by atoms with E-state index in [4.69, 9.17) is 16.7 Å². The molecule has 1 N–H and O–H groups in total. The Bertz CT molecular complexity index is 970. The van der Waals surface area contributed by atoms with Crippen LogP contribution in [0, 0.1) is 12.8 Å². The number of halogens is 1. The van der Waals surface area contributed by atoms with Gasteiger partial charge in [-0.05, 0) is 63.5 Å². The average Bonchev–Trinajstić information content (AvgIpc) is 3.07. The molecule has 0 radical (unpaired) electrons. The zero-order valence-electron chi connectivity index (χ0n) is 15.9. The number of fused-ring (bicyclic) bond motifs is 1. The van der Waals surface area contributed by atoms with Crippen LogP contribution in [0.5, 0.6) is 0 Å². The van der Waals surface area contributed by atoms with Crippen molar-refractivity contribution in [3.63, 3.8) is 0 Å². The zero-order valence-corrected chi connectivity index (χ0v) is 16.6. The van der Waals surface area contributed by atoms with Crippen LogP contribution in [0.2, 0.25) is 5.02 Å². The monoisotopic (exact) mass is 398 g/mol. The van der Waals surface area contributed by atoms with Gasteiger partial charge in [-0.25, -0.2) is 4.68 Å². The van der Waals surface area contributed by atoms with Gasteiger partial charge in [0.25, 0.3) is 0 Å². The van der Waals surface area contributed by atoms with Crippen LogP contribution >= 0.6 is 11.6 Å². The number of allylic oxidation sites excluding steroid dienone is 2. The summed E-state index contributed by atoms with van der Waals surface area (Å²) in [5.41, 5.74) is 4.98. The summed E-state index contributed by atoms with van der Waals surface area (Å²) in [7, 11) is 0. The molecular weight excluding hydrogens is 376 g/mol. The fourth-order valence-electron chi connectivity index (χ4n) is 4.29. The molecule has 0 saturated carbocycles. The maximum absolute atomic E-state index is 13.3. The van der Waals surface area contributed by atoms with Crippen molar-refractivity contribution in [2.45, 2.75) is 51.9 Å². The number of aryl methyl sites for hydroxylation is 1. The Morgan fingerprint density at radius 3 is 2.68 bits per heavy atom. The average molecular weight is 399 g/mol. The van der Waals surface area contributed by atoms with E-state index in [2.05, 4.69) is 0 Å². The van der Waals surface area contributed by atoms with Gasteiger partial charge >= 0.3 is 5.97 Å². The van der Waals surface area contributed by atoms with Crippen LogP contribution < -0.4 is 0 Å².